The molecular formula is C13H10BrNO3. The van der Waals surface area contributed by atoms with Crippen LogP contribution in [0.1, 0.15) is 15.9 Å². The number of halogens is 1. The molecule has 0 aliphatic heterocycles. The first-order valence-corrected chi connectivity index (χ1v) is 6.02. The van der Waals surface area contributed by atoms with E-state index < -0.39 is 11.5 Å². The molecular weight excluding hydrogens is 298 g/mol. The molecule has 0 aliphatic carbocycles. The van der Waals surface area contributed by atoms with E-state index in [0.29, 0.717) is 11.3 Å². The number of para-hydroxylation sites is 1. The molecule has 18 heavy (non-hydrogen) atoms. The summed E-state index contributed by atoms with van der Waals surface area (Å²) in [6, 6.07) is 8.76. The predicted molar refractivity (Wildman–Crippen MR) is 71.4 cm³/mol. The number of hydrogen-bond acceptors (Lipinski definition) is 2. The Balaban J connectivity index is 2.76. The van der Waals surface area contributed by atoms with E-state index in [9.17, 15) is 9.59 Å². The fourth-order valence-electron chi connectivity index (χ4n) is 1.72. The summed E-state index contributed by atoms with van der Waals surface area (Å²) in [7, 11) is 0. The number of carbonyl (C=O) groups is 1. The highest BCUT2D eigenvalue weighted by Crippen LogP contribution is 2.19. The van der Waals surface area contributed by atoms with Crippen molar-refractivity contribution >= 4 is 21.9 Å². The van der Waals surface area contributed by atoms with Crippen LogP contribution < -0.4 is 5.56 Å². The van der Waals surface area contributed by atoms with Crippen LogP contribution in [-0.2, 0) is 0 Å². The fourth-order valence-corrected chi connectivity index (χ4v) is 2.20. The average molecular weight is 308 g/mol. The molecule has 0 aliphatic rings. The van der Waals surface area contributed by atoms with Crippen LogP contribution in [0.3, 0.4) is 0 Å². The standard InChI is InChI=1S/C13H10BrNO3/c1-8-6-7-15(12(16)11(8)13(17)18)10-5-3-2-4-9(10)14/h2-7H,1H3,(H,17,18). The largest absolute Gasteiger partial charge is 0.477 e. The van der Waals surface area contributed by atoms with Crippen LogP contribution in [0, 0.1) is 6.92 Å². The predicted octanol–water partition coefficient (Wildman–Crippen LogP) is 2.61. The van der Waals surface area contributed by atoms with Crippen molar-refractivity contribution in [3.8, 4) is 5.69 Å². The molecule has 0 spiro atoms. The second-order valence-corrected chi connectivity index (χ2v) is 4.66. The Morgan fingerprint density at radius 2 is 1.94 bits per heavy atom. The Kier molecular flexibility index (Phi) is 3.34. The first-order chi connectivity index (χ1) is 8.52. The van der Waals surface area contributed by atoms with Gasteiger partial charge in [0, 0.05) is 10.7 Å². The number of rotatable bonds is 2. The van der Waals surface area contributed by atoms with Crippen LogP contribution in [0.2, 0.25) is 0 Å². The van der Waals surface area contributed by atoms with Gasteiger partial charge in [-0.05, 0) is 46.6 Å². The average Bonchev–Trinajstić information content (AvgIpc) is 2.30. The zero-order valence-corrected chi connectivity index (χ0v) is 11.1. The summed E-state index contributed by atoms with van der Waals surface area (Å²) in [5.74, 6) is -1.21. The van der Waals surface area contributed by atoms with Gasteiger partial charge in [-0.2, -0.15) is 0 Å². The lowest BCUT2D eigenvalue weighted by Crippen LogP contribution is -2.26. The molecule has 0 bridgehead atoms. The molecule has 0 unspecified atom stereocenters. The molecule has 1 heterocycles. The summed E-state index contributed by atoms with van der Waals surface area (Å²) >= 11 is 3.34. The fraction of sp³-hybridized carbons (Fsp3) is 0.0769. The Morgan fingerprint density at radius 3 is 2.56 bits per heavy atom. The van der Waals surface area contributed by atoms with Crippen LogP contribution in [-0.4, -0.2) is 15.6 Å². The van der Waals surface area contributed by atoms with E-state index in [1.807, 2.05) is 6.07 Å². The molecule has 0 radical (unpaired) electrons. The molecule has 0 saturated carbocycles. The maximum atomic E-state index is 12.1. The van der Waals surface area contributed by atoms with Crippen molar-refractivity contribution in [3.63, 3.8) is 0 Å². The highest BCUT2D eigenvalue weighted by atomic mass is 79.9. The third kappa shape index (κ3) is 2.09. The third-order valence-corrected chi connectivity index (χ3v) is 3.30. The van der Waals surface area contributed by atoms with Gasteiger partial charge in [0.1, 0.15) is 5.56 Å². The van der Waals surface area contributed by atoms with Gasteiger partial charge in [-0.15, -0.1) is 0 Å². The first kappa shape index (κ1) is 12.6. The van der Waals surface area contributed by atoms with Gasteiger partial charge >= 0.3 is 5.97 Å². The Bertz CT molecular complexity index is 676. The van der Waals surface area contributed by atoms with Crippen LogP contribution >= 0.6 is 15.9 Å². The van der Waals surface area contributed by atoms with Gasteiger partial charge in [0.05, 0.1) is 5.69 Å². The summed E-state index contributed by atoms with van der Waals surface area (Å²) in [5, 5.41) is 9.06. The molecule has 4 nitrogen and oxygen atoms in total. The van der Waals surface area contributed by atoms with Gasteiger partial charge in [-0.3, -0.25) is 9.36 Å². The van der Waals surface area contributed by atoms with Crippen molar-refractivity contribution in [3.05, 3.63) is 62.5 Å². The minimum Gasteiger partial charge on any atom is -0.477 e. The summed E-state index contributed by atoms with van der Waals surface area (Å²) in [6.45, 7) is 1.61. The number of benzene rings is 1. The van der Waals surface area contributed by atoms with E-state index in [-0.39, 0.29) is 5.56 Å². The van der Waals surface area contributed by atoms with E-state index in [1.54, 1.807) is 37.4 Å². The molecule has 0 atom stereocenters. The molecule has 1 N–H and O–H groups in total. The van der Waals surface area contributed by atoms with Crippen LogP contribution in [0.15, 0.2) is 45.8 Å². The molecule has 5 heteroatoms. The van der Waals surface area contributed by atoms with E-state index >= 15 is 0 Å². The monoisotopic (exact) mass is 307 g/mol. The summed E-state index contributed by atoms with van der Waals surface area (Å²) in [6.07, 6.45) is 1.57. The summed E-state index contributed by atoms with van der Waals surface area (Å²) in [4.78, 5) is 23.2. The second-order valence-electron chi connectivity index (χ2n) is 3.81. The molecule has 2 rings (SSSR count). The van der Waals surface area contributed by atoms with Gasteiger partial charge in [-0.25, -0.2) is 4.79 Å². The molecule has 1 aromatic heterocycles. The minimum atomic E-state index is -1.21. The number of hydrogen-bond donors (Lipinski definition) is 1. The van der Waals surface area contributed by atoms with Crippen molar-refractivity contribution in [2.75, 3.05) is 0 Å². The highest BCUT2D eigenvalue weighted by Gasteiger charge is 2.15. The SMILES string of the molecule is Cc1ccn(-c2ccccc2Br)c(=O)c1C(=O)O. The number of aryl methyl sites for hydroxylation is 1. The maximum absolute atomic E-state index is 12.1. The highest BCUT2D eigenvalue weighted by molar-refractivity contribution is 9.10. The van der Waals surface area contributed by atoms with Crippen molar-refractivity contribution in [1.82, 2.24) is 4.57 Å². The van der Waals surface area contributed by atoms with Gasteiger partial charge in [0.2, 0.25) is 0 Å². The number of nitrogens with zero attached hydrogens (tertiary/aromatic N) is 1. The van der Waals surface area contributed by atoms with E-state index in [0.717, 1.165) is 4.47 Å². The number of carboxylic acids is 1. The minimum absolute atomic E-state index is 0.201. The molecule has 0 amide bonds. The van der Waals surface area contributed by atoms with Gasteiger partial charge in [0.15, 0.2) is 0 Å². The van der Waals surface area contributed by atoms with Crippen LogP contribution in [0.4, 0.5) is 0 Å². The van der Waals surface area contributed by atoms with E-state index in [4.69, 9.17) is 5.11 Å². The molecule has 0 fully saturated rings. The molecule has 1 aromatic carbocycles. The molecule has 92 valence electrons. The normalized spacial score (nSPS) is 10.3. The Morgan fingerprint density at radius 1 is 1.28 bits per heavy atom. The van der Waals surface area contributed by atoms with Gasteiger partial charge in [-0.1, -0.05) is 12.1 Å². The van der Waals surface area contributed by atoms with E-state index in [1.165, 1.54) is 4.57 Å². The van der Waals surface area contributed by atoms with Crippen LogP contribution in [0.25, 0.3) is 5.69 Å². The number of carboxylic acid groups (broad SMARTS) is 1. The zero-order valence-electron chi connectivity index (χ0n) is 9.55. The third-order valence-electron chi connectivity index (χ3n) is 2.63. The Labute approximate surface area is 112 Å². The molecule has 0 saturated heterocycles. The summed E-state index contributed by atoms with van der Waals surface area (Å²) < 4.78 is 2.05. The Hall–Kier alpha value is -1.88. The quantitative estimate of drug-likeness (QED) is 0.927. The molecule has 2 aromatic rings. The van der Waals surface area contributed by atoms with Crippen molar-refractivity contribution in [2.24, 2.45) is 0 Å². The van der Waals surface area contributed by atoms with Gasteiger partial charge in [0.25, 0.3) is 5.56 Å². The first-order valence-electron chi connectivity index (χ1n) is 5.23. The van der Waals surface area contributed by atoms with Crippen molar-refractivity contribution in [1.29, 1.82) is 0 Å². The van der Waals surface area contributed by atoms with Crippen molar-refractivity contribution < 1.29 is 9.90 Å². The van der Waals surface area contributed by atoms with Crippen molar-refractivity contribution in [2.45, 2.75) is 6.92 Å². The lowest BCUT2D eigenvalue weighted by atomic mass is 10.1. The maximum Gasteiger partial charge on any atom is 0.341 e. The second kappa shape index (κ2) is 4.78. The number of aromatic nitrogens is 1. The lowest BCUT2D eigenvalue weighted by molar-refractivity contribution is 0.0694. The smallest absolute Gasteiger partial charge is 0.341 e. The lowest BCUT2D eigenvalue weighted by Gasteiger charge is -2.10. The van der Waals surface area contributed by atoms with Gasteiger partial charge < -0.3 is 5.11 Å². The number of pyridine rings is 1. The van der Waals surface area contributed by atoms with E-state index in [2.05, 4.69) is 15.9 Å². The topological polar surface area (TPSA) is 59.3 Å². The zero-order chi connectivity index (χ0) is 13.3. The summed E-state index contributed by atoms with van der Waals surface area (Å²) in [5.41, 5.74) is 0.337. The number of aromatic carboxylic acids is 1. The van der Waals surface area contributed by atoms with Crippen LogP contribution in [0.5, 0.6) is 0 Å².